The van der Waals surface area contributed by atoms with Crippen LogP contribution in [0, 0.1) is 5.41 Å². The Bertz CT molecular complexity index is 846. The van der Waals surface area contributed by atoms with E-state index in [1.54, 1.807) is 14.2 Å². The Hall–Kier alpha value is -2.49. The summed E-state index contributed by atoms with van der Waals surface area (Å²) < 4.78 is 17.3. The maximum Gasteiger partial charge on any atom is 0.203 e. The molecule has 0 bridgehead atoms. The molecule has 27 heavy (non-hydrogen) atoms. The van der Waals surface area contributed by atoms with Gasteiger partial charge in [0.25, 0.3) is 0 Å². The van der Waals surface area contributed by atoms with E-state index in [1.165, 1.54) is 0 Å². The normalized spacial score (nSPS) is 13.4. The molecule has 0 heterocycles. The third-order valence-electron chi connectivity index (χ3n) is 4.97. The molecule has 0 radical (unpaired) electrons. The van der Waals surface area contributed by atoms with E-state index in [9.17, 15) is 4.79 Å². The fourth-order valence-electron chi connectivity index (χ4n) is 3.46. The van der Waals surface area contributed by atoms with Crippen LogP contribution in [0.3, 0.4) is 0 Å². The van der Waals surface area contributed by atoms with Gasteiger partial charge in [-0.05, 0) is 41.5 Å². The number of rotatable bonds is 6. The van der Waals surface area contributed by atoms with Crippen molar-refractivity contribution in [1.29, 1.82) is 0 Å². The van der Waals surface area contributed by atoms with Crippen LogP contribution >= 0.6 is 0 Å². The average molecular weight is 368 g/mol. The van der Waals surface area contributed by atoms with Crippen LogP contribution in [-0.2, 0) is 6.42 Å². The number of ether oxygens (including phenoxy) is 3. The van der Waals surface area contributed by atoms with Gasteiger partial charge in [-0.3, -0.25) is 4.79 Å². The fourth-order valence-corrected chi connectivity index (χ4v) is 3.46. The predicted molar refractivity (Wildman–Crippen MR) is 107 cm³/mol. The number of hydrogen-bond acceptors (Lipinski definition) is 4. The summed E-state index contributed by atoms with van der Waals surface area (Å²) in [5.41, 5.74) is 4.06. The highest BCUT2D eigenvalue weighted by Gasteiger charge is 2.26. The summed E-state index contributed by atoms with van der Waals surface area (Å²) in [7, 11) is 3.24. The highest BCUT2D eigenvalue weighted by Crippen LogP contribution is 2.46. The number of methoxy groups -OCH3 is 2. The monoisotopic (exact) mass is 368 g/mol. The summed E-state index contributed by atoms with van der Waals surface area (Å²) in [5, 5.41) is 0. The van der Waals surface area contributed by atoms with Gasteiger partial charge < -0.3 is 14.2 Å². The lowest BCUT2D eigenvalue weighted by Crippen LogP contribution is -2.12. The van der Waals surface area contributed by atoms with Crippen molar-refractivity contribution in [3.63, 3.8) is 0 Å². The second-order valence-corrected chi connectivity index (χ2v) is 8.09. The number of carbonyl (C=O) groups is 1. The third kappa shape index (κ3) is 3.95. The Morgan fingerprint density at radius 1 is 0.889 bits per heavy atom. The van der Waals surface area contributed by atoms with Gasteiger partial charge in [0, 0.05) is 17.5 Å². The van der Waals surface area contributed by atoms with Crippen molar-refractivity contribution in [2.45, 2.75) is 40.0 Å². The smallest absolute Gasteiger partial charge is 0.203 e. The van der Waals surface area contributed by atoms with Crippen LogP contribution < -0.4 is 14.2 Å². The zero-order valence-corrected chi connectivity index (χ0v) is 16.8. The second kappa shape index (κ2) is 7.63. The molecule has 2 aromatic carbocycles. The lowest BCUT2D eigenvalue weighted by molar-refractivity contribution is 0.0994. The van der Waals surface area contributed by atoms with Gasteiger partial charge in [0.2, 0.25) is 5.75 Å². The third-order valence-corrected chi connectivity index (χ3v) is 4.97. The van der Waals surface area contributed by atoms with Crippen molar-refractivity contribution in [2.24, 2.45) is 5.41 Å². The molecule has 0 unspecified atom stereocenters. The Kier molecular flexibility index (Phi) is 5.45. The topological polar surface area (TPSA) is 44.8 Å². The Labute approximate surface area is 161 Å². The van der Waals surface area contributed by atoms with Crippen molar-refractivity contribution in [3.8, 4) is 28.4 Å². The molecular weight excluding hydrogens is 340 g/mol. The molecule has 0 aliphatic heterocycles. The molecular formula is C23H28O4. The molecule has 0 saturated heterocycles. The van der Waals surface area contributed by atoms with Crippen LogP contribution in [0.25, 0.3) is 11.1 Å². The molecule has 0 spiro atoms. The molecule has 2 aromatic rings. The minimum absolute atomic E-state index is 0.173. The van der Waals surface area contributed by atoms with E-state index in [0.29, 0.717) is 30.3 Å². The predicted octanol–water partition coefficient (Wildman–Crippen LogP) is 5.31. The first-order valence-electron chi connectivity index (χ1n) is 9.39. The standard InChI is InChI=1S/C23H28O4/c1-23(2,3)13-14-27-21-18(10-12-20(25-4)22(21)26-5)15-7-6-8-17-16(15)9-11-19(17)24/h6-8,10,12H,9,11,13-14H2,1-5H3. The van der Waals surface area contributed by atoms with Crippen molar-refractivity contribution < 1.29 is 19.0 Å². The molecule has 1 aliphatic rings. The maximum absolute atomic E-state index is 12.2. The minimum Gasteiger partial charge on any atom is -0.493 e. The van der Waals surface area contributed by atoms with Crippen LogP contribution in [0.1, 0.15) is 49.5 Å². The largest absolute Gasteiger partial charge is 0.493 e. The van der Waals surface area contributed by atoms with Gasteiger partial charge in [-0.1, -0.05) is 39.0 Å². The van der Waals surface area contributed by atoms with E-state index >= 15 is 0 Å². The number of fused-ring (bicyclic) bond motifs is 1. The molecule has 0 saturated carbocycles. The second-order valence-electron chi connectivity index (χ2n) is 8.09. The highest BCUT2D eigenvalue weighted by molar-refractivity contribution is 6.02. The molecule has 1 aliphatic carbocycles. The van der Waals surface area contributed by atoms with Gasteiger partial charge in [0.15, 0.2) is 17.3 Å². The van der Waals surface area contributed by atoms with Gasteiger partial charge in [-0.25, -0.2) is 0 Å². The number of hydrogen-bond donors (Lipinski definition) is 0. The van der Waals surface area contributed by atoms with E-state index in [0.717, 1.165) is 35.1 Å². The zero-order valence-electron chi connectivity index (χ0n) is 16.8. The first kappa shape index (κ1) is 19.3. The van der Waals surface area contributed by atoms with Crippen molar-refractivity contribution in [3.05, 3.63) is 41.5 Å². The van der Waals surface area contributed by atoms with Crippen molar-refractivity contribution in [2.75, 3.05) is 20.8 Å². The van der Waals surface area contributed by atoms with Crippen LogP contribution in [0.4, 0.5) is 0 Å². The molecule has 0 fully saturated rings. The number of ketones is 1. The first-order chi connectivity index (χ1) is 12.9. The Balaban J connectivity index is 2.09. The molecule has 0 amide bonds. The van der Waals surface area contributed by atoms with E-state index in [-0.39, 0.29) is 11.2 Å². The van der Waals surface area contributed by atoms with Gasteiger partial charge >= 0.3 is 0 Å². The summed E-state index contributed by atoms with van der Waals surface area (Å²) in [6.07, 6.45) is 2.25. The van der Waals surface area contributed by atoms with E-state index in [4.69, 9.17) is 14.2 Å². The molecule has 3 rings (SSSR count). The van der Waals surface area contributed by atoms with Gasteiger partial charge in [0.05, 0.1) is 20.8 Å². The van der Waals surface area contributed by atoms with Gasteiger partial charge in [-0.15, -0.1) is 0 Å². The Morgan fingerprint density at radius 2 is 1.63 bits per heavy atom. The van der Waals surface area contributed by atoms with Crippen LogP contribution in [0.5, 0.6) is 17.2 Å². The van der Waals surface area contributed by atoms with Gasteiger partial charge in [-0.2, -0.15) is 0 Å². The van der Waals surface area contributed by atoms with E-state index in [1.807, 2.05) is 24.3 Å². The van der Waals surface area contributed by atoms with Gasteiger partial charge in [0.1, 0.15) is 0 Å². The summed E-state index contributed by atoms with van der Waals surface area (Å²) >= 11 is 0. The maximum atomic E-state index is 12.2. The lowest BCUT2D eigenvalue weighted by Gasteiger charge is -2.22. The van der Waals surface area contributed by atoms with Crippen LogP contribution in [-0.4, -0.2) is 26.6 Å². The molecule has 0 aromatic heterocycles. The fraction of sp³-hybridized carbons (Fsp3) is 0.435. The summed E-state index contributed by atoms with van der Waals surface area (Å²) in [6.45, 7) is 7.15. The highest BCUT2D eigenvalue weighted by atomic mass is 16.5. The van der Waals surface area contributed by atoms with Crippen LogP contribution in [0.15, 0.2) is 30.3 Å². The number of carbonyl (C=O) groups excluding carboxylic acids is 1. The Morgan fingerprint density at radius 3 is 2.30 bits per heavy atom. The summed E-state index contributed by atoms with van der Waals surface area (Å²) in [5.74, 6) is 2.11. The average Bonchev–Trinajstić information content (AvgIpc) is 3.01. The molecule has 0 atom stereocenters. The lowest BCUT2D eigenvalue weighted by atomic mass is 9.93. The van der Waals surface area contributed by atoms with Crippen LogP contribution in [0.2, 0.25) is 0 Å². The van der Waals surface area contributed by atoms with Crippen molar-refractivity contribution in [1.82, 2.24) is 0 Å². The molecule has 144 valence electrons. The zero-order chi connectivity index (χ0) is 19.6. The summed E-state index contributed by atoms with van der Waals surface area (Å²) in [4.78, 5) is 12.2. The molecule has 4 nitrogen and oxygen atoms in total. The van der Waals surface area contributed by atoms with E-state index < -0.39 is 0 Å². The number of benzene rings is 2. The summed E-state index contributed by atoms with van der Waals surface area (Å²) in [6, 6.07) is 9.78. The SMILES string of the molecule is COc1ccc(-c2cccc3c2CCC3=O)c(OCCC(C)(C)C)c1OC. The van der Waals surface area contributed by atoms with Crippen molar-refractivity contribution >= 4 is 5.78 Å². The number of Topliss-reactive ketones (excluding diaryl/α,β-unsaturated/α-hetero) is 1. The van der Waals surface area contributed by atoms with E-state index in [2.05, 4.69) is 26.8 Å². The molecule has 0 N–H and O–H groups in total. The molecule has 4 heteroatoms. The quantitative estimate of drug-likeness (QED) is 0.693. The first-order valence-corrected chi connectivity index (χ1v) is 9.39. The minimum atomic E-state index is 0.173.